The Morgan fingerprint density at radius 1 is 1.00 bits per heavy atom. The maximum atomic E-state index is 12.5. The number of carbonyl (C=O) groups excluding carboxylic acids is 2. The van der Waals surface area contributed by atoms with Crippen LogP contribution in [0.5, 0.6) is 0 Å². The fraction of sp³-hybridized carbons (Fsp3) is 0.200. The van der Waals surface area contributed by atoms with Crippen LogP contribution in [0.25, 0.3) is 0 Å². The third-order valence-electron chi connectivity index (χ3n) is 4.46. The summed E-state index contributed by atoms with van der Waals surface area (Å²) in [7, 11) is 0. The number of aryl methyl sites for hydroxylation is 2. The van der Waals surface area contributed by atoms with Crippen molar-refractivity contribution in [2.24, 2.45) is 0 Å². The minimum atomic E-state index is -0.493. The second-order valence-electron chi connectivity index (χ2n) is 6.61. The molecule has 2 N–H and O–H groups in total. The van der Waals surface area contributed by atoms with E-state index in [0.29, 0.717) is 27.1 Å². The molecule has 0 unspecified atom stereocenters. The van der Waals surface area contributed by atoms with E-state index in [1.54, 1.807) is 25.1 Å². The predicted molar refractivity (Wildman–Crippen MR) is 114 cm³/mol. The van der Waals surface area contributed by atoms with Crippen molar-refractivity contribution in [3.63, 3.8) is 0 Å². The number of anilines is 2. The van der Waals surface area contributed by atoms with Gasteiger partial charge in [-0.25, -0.2) is 4.68 Å². The van der Waals surface area contributed by atoms with Crippen molar-refractivity contribution >= 4 is 46.4 Å². The molecular weight excluding hydrogens is 413 g/mol. The monoisotopic (exact) mass is 431 g/mol. The molecule has 1 heterocycles. The van der Waals surface area contributed by atoms with E-state index in [4.69, 9.17) is 23.2 Å². The van der Waals surface area contributed by atoms with Crippen molar-refractivity contribution in [1.82, 2.24) is 15.0 Å². The molecule has 0 atom stereocenters. The highest BCUT2D eigenvalue weighted by molar-refractivity contribution is 6.35. The lowest BCUT2D eigenvalue weighted by molar-refractivity contribution is -0.117. The van der Waals surface area contributed by atoms with Crippen LogP contribution in [-0.4, -0.2) is 26.8 Å². The van der Waals surface area contributed by atoms with Gasteiger partial charge in [0.05, 0.1) is 16.4 Å². The average molecular weight is 432 g/mol. The number of amides is 2. The smallest absolute Gasteiger partial charge is 0.278 e. The predicted octanol–water partition coefficient (Wildman–Crippen LogP) is 4.40. The molecule has 0 fully saturated rings. The van der Waals surface area contributed by atoms with Gasteiger partial charge in [-0.1, -0.05) is 34.5 Å². The summed E-state index contributed by atoms with van der Waals surface area (Å²) >= 11 is 12.0. The molecule has 0 radical (unpaired) electrons. The zero-order valence-electron chi connectivity index (χ0n) is 16.1. The Balaban J connectivity index is 1.69. The fourth-order valence-corrected chi connectivity index (χ4v) is 2.99. The van der Waals surface area contributed by atoms with Crippen LogP contribution in [0.1, 0.15) is 27.3 Å². The molecule has 9 heteroatoms. The highest BCUT2D eigenvalue weighted by atomic mass is 35.5. The van der Waals surface area contributed by atoms with Crippen LogP contribution in [0.4, 0.5) is 11.4 Å². The van der Waals surface area contributed by atoms with Gasteiger partial charge >= 0.3 is 0 Å². The normalized spacial score (nSPS) is 10.7. The summed E-state index contributed by atoms with van der Waals surface area (Å²) in [6.07, 6.45) is 0. The Labute approximate surface area is 178 Å². The molecule has 0 saturated heterocycles. The Kier molecular flexibility index (Phi) is 6.20. The van der Waals surface area contributed by atoms with E-state index in [2.05, 4.69) is 20.9 Å². The van der Waals surface area contributed by atoms with Crippen molar-refractivity contribution < 1.29 is 9.59 Å². The SMILES string of the molecule is Cc1ccc(NC(=O)Cn2nnc(C(=O)Nc3cc(Cl)ccc3Cl)c2C)cc1C. The summed E-state index contributed by atoms with van der Waals surface area (Å²) in [5.74, 6) is -0.765. The molecule has 150 valence electrons. The fourth-order valence-electron chi connectivity index (χ4n) is 2.65. The second kappa shape index (κ2) is 8.63. The van der Waals surface area contributed by atoms with Gasteiger partial charge in [0.1, 0.15) is 6.54 Å². The number of halogens is 2. The van der Waals surface area contributed by atoms with Gasteiger partial charge in [0.15, 0.2) is 5.69 Å². The lowest BCUT2D eigenvalue weighted by Crippen LogP contribution is -2.21. The molecule has 0 aliphatic rings. The molecule has 3 aromatic rings. The van der Waals surface area contributed by atoms with Gasteiger partial charge in [0.2, 0.25) is 5.91 Å². The molecular formula is C20H19Cl2N5O2. The number of hydrogen-bond donors (Lipinski definition) is 2. The van der Waals surface area contributed by atoms with Crippen LogP contribution in [0.3, 0.4) is 0 Å². The number of rotatable bonds is 5. The molecule has 0 spiro atoms. The summed E-state index contributed by atoms with van der Waals surface area (Å²) in [5, 5.41) is 14.1. The number of aromatic nitrogens is 3. The third kappa shape index (κ3) is 4.93. The first-order valence-electron chi connectivity index (χ1n) is 8.78. The molecule has 3 rings (SSSR count). The van der Waals surface area contributed by atoms with Gasteiger partial charge in [-0.15, -0.1) is 5.10 Å². The van der Waals surface area contributed by atoms with Crippen LogP contribution < -0.4 is 10.6 Å². The van der Waals surface area contributed by atoms with Crippen molar-refractivity contribution in [1.29, 1.82) is 0 Å². The maximum Gasteiger partial charge on any atom is 0.278 e. The van der Waals surface area contributed by atoms with Crippen LogP contribution >= 0.6 is 23.2 Å². The Bertz CT molecular complexity index is 1090. The zero-order chi connectivity index (χ0) is 21.1. The number of carbonyl (C=O) groups is 2. The lowest BCUT2D eigenvalue weighted by atomic mass is 10.1. The van der Waals surface area contributed by atoms with E-state index in [9.17, 15) is 9.59 Å². The summed E-state index contributed by atoms with van der Waals surface area (Å²) in [4.78, 5) is 24.9. The quantitative estimate of drug-likeness (QED) is 0.626. The molecule has 2 amide bonds. The van der Waals surface area contributed by atoms with Crippen molar-refractivity contribution in [3.8, 4) is 0 Å². The summed E-state index contributed by atoms with van der Waals surface area (Å²) in [6.45, 7) is 5.57. The number of benzene rings is 2. The molecule has 7 nitrogen and oxygen atoms in total. The van der Waals surface area contributed by atoms with E-state index < -0.39 is 5.91 Å². The highest BCUT2D eigenvalue weighted by Gasteiger charge is 2.19. The minimum Gasteiger partial charge on any atom is -0.324 e. The van der Waals surface area contributed by atoms with Crippen LogP contribution in [0.15, 0.2) is 36.4 Å². The summed E-state index contributed by atoms with van der Waals surface area (Å²) in [6, 6.07) is 10.4. The van der Waals surface area contributed by atoms with E-state index in [0.717, 1.165) is 11.1 Å². The summed E-state index contributed by atoms with van der Waals surface area (Å²) in [5.41, 5.74) is 3.84. The topological polar surface area (TPSA) is 88.9 Å². The second-order valence-corrected chi connectivity index (χ2v) is 7.45. The molecule has 0 saturated carbocycles. The lowest BCUT2D eigenvalue weighted by Gasteiger charge is -2.09. The molecule has 0 aliphatic heterocycles. The van der Waals surface area contributed by atoms with E-state index >= 15 is 0 Å². The first-order valence-corrected chi connectivity index (χ1v) is 9.54. The van der Waals surface area contributed by atoms with Gasteiger partial charge in [0, 0.05) is 10.7 Å². The van der Waals surface area contributed by atoms with Crippen LogP contribution in [0, 0.1) is 20.8 Å². The highest BCUT2D eigenvalue weighted by Crippen LogP contribution is 2.26. The largest absolute Gasteiger partial charge is 0.324 e. The van der Waals surface area contributed by atoms with Crippen molar-refractivity contribution in [2.75, 3.05) is 10.6 Å². The van der Waals surface area contributed by atoms with Gasteiger partial charge < -0.3 is 10.6 Å². The van der Waals surface area contributed by atoms with Gasteiger partial charge in [-0.05, 0) is 62.2 Å². The number of hydrogen-bond acceptors (Lipinski definition) is 4. The van der Waals surface area contributed by atoms with Gasteiger partial charge in [-0.3, -0.25) is 9.59 Å². The van der Waals surface area contributed by atoms with E-state index in [1.807, 2.05) is 32.0 Å². The van der Waals surface area contributed by atoms with E-state index in [1.165, 1.54) is 4.68 Å². The van der Waals surface area contributed by atoms with Crippen LogP contribution in [-0.2, 0) is 11.3 Å². The molecule has 0 bridgehead atoms. The molecule has 0 aliphatic carbocycles. The van der Waals surface area contributed by atoms with Crippen molar-refractivity contribution in [3.05, 3.63) is 69.0 Å². The number of nitrogens with one attached hydrogen (secondary N) is 2. The molecule has 2 aromatic carbocycles. The Morgan fingerprint density at radius 3 is 2.48 bits per heavy atom. The maximum absolute atomic E-state index is 12.5. The first-order chi connectivity index (χ1) is 13.7. The van der Waals surface area contributed by atoms with Gasteiger partial charge in [-0.2, -0.15) is 0 Å². The van der Waals surface area contributed by atoms with E-state index in [-0.39, 0.29) is 18.1 Å². The molecule has 1 aromatic heterocycles. The van der Waals surface area contributed by atoms with Gasteiger partial charge in [0.25, 0.3) is 5.91 Å². The first kappa shape index (κ1) is 20.8. The van der Waals surface area contributed by atoms with Crippen LogP contribution in [0.2, 0.25) is 10.0 Å². The minimum absolute atomic E-state index is 0.0725. The standard InChI is InChI=1S/C20H19Cl2N5O2/c1-11-4-6-15(8-12(11)2)23-18(28)10-27-13(3)19(25-26-27)20(29)24-17-9-14(21)5-7-16(17)22/h4-9H,10H2,1-3H3,(H,23,28)(H,24,29). The third-order valence-corrected chi connectivity index (χ3v) is 5.02. The zero-order valence-corrected chi connectivity index (χ0v) is 17.6. The number of nitrogens with zero attached hydrogens (tertiary/aromatic N) is 3. The molecule has 29 heavy (non-hydrogen) atoms. The Morgan fingerprint density at radius 2 is 1.76 bits per heavy atom. The summed E-state index contributed by atoms with van der Waals surface area (Å²) < 4.78 is 1.37. The Hall–Kier alpha value is -2.90. The van der Waals surface area contributed by atoms with Crippen molar-refractivity contribution in [2.45, 2.75) is 27.3 Å². The average Bonchev–Trinajstić information content (AvgIpc) is 3.02.